The Labute approximate surface area is 132 Å². The zero-order chi connectivity index (χ0) is 16.6. The highest BCUT2D eigenvalue weighted by Gasteiger charge is 2.14. The standard InChI is InChI=1S/C17H25N3O2/c1-13(17(2,3)4)19-20-16(22)11-10-15(21)18-12-14-8-6-5-7-9-14/h5-9H,10-12H2,1-4H3,(H,18,21)(H,20,22)/b19-13-. The topological polar surface area (TPSA) is 70.6 Å². The number of nitrogens with zero attached hydrogens (tertiary/aromatic N) is 1. The van der Waals surface area contributed by atoms with Crippen LogP contribution >= 0.6 is 0 Å². The Kier molecular flexibility index (Phi) is 6.76. The first-order valence-electron chi connectivity index (χ1n) is 7.43. The predicted molar refractivity (Wildman–Crippen MR) is 88.2 cm³/mol. The van der Waals surface area contributed by atoms with Crippen LogP contribution in [0, 0.1) is 5.41 Å². The SMILES string of the molecule is C/C(=N/NC(=O)CCC(=O)NCc1ccccc1)C(C)(C)C. The Morgan fingerprint density at radius 1 is 1.05 bits per heavy atom. The summed E-state index contributed by atoms with van der Waals surface area (Å²) in [5.74, 6) is -0.394. The highest BCUT2D eigenvalue weighted by atomic mass is 16.2. The van der Waals surface area contributed by atoms with E-state index in [1.807, 2.05) is 58.0 Å². The number of carbonyl (C=O) groups is 2. The Bertz CT molecular complexity index is 531. The van der Waals surface area contributed by atoms with E-state index in [9.17, 15) is 9.59 Å². The van der Waals surface area contributed by atoms with Crippen LogP contribution in [-0.4, -0.2) is 17.5 Å². The van der Waals surface area contributed by atoms with Crippen LogP contribution < -0.4 is 10.7 Å². The quantitative estimate of drug-likeness (QED) is 0.626. The number of nitrogens with one attached hydrogen (secondary N) is 2. The third-order valence-electron chi connectivity index (χ3n) is 3.35. The van der Waals surface area contributed by atoms with Gasteiger partial charge in [-0.2, -0.15) is 5.10 Å². The summed E-state index contributed by atoms with van der Waals surface area (Å²) >= 11 is 0. The zero-order valence-corrected chi connectivity index (χ0v) is 13.8. The third kappa shape index (κ3) is 7.02. The van der Waals surface area contributed by atoms with Crippen LogP contribution in [0.1, 0.15) is 46.1 Å². The average molecular weight is 303 g/mol. The lowest BCUT2D eigenvalue weighted by molar-refractivity contribution is -0.126. The smallest absolute Gasteiger partial charge is 0.240 e. The lowest BCUT2D eigenvalue weighted by Crippen LogP contribution is -2.27. The van der Waals surface area contributed by atoms with Crippen molar-refractivity contribution in [1.29, 1.82) is 0 Å². The fourth-order valence-corrected chi connectivity index (χ4v) is 1.48. The second-order valence-corrected chi connectivity index (χ2v) is 6.24. The van der Waals surface area contributed by atoms with Gasteiger partial charge in [-0.3, -0.25) is 9.59 Å². The van der Waals surface area contributed by atoms with Crippen molar-refractivity contribution in [3.63, 3.8) is 0 Å². The zero-order valence-electron chi connectivity index (χ0n) is 13.8. The predicted octanol–water partition coefficient (Wildman–Crippen LogP) is 2.62. The van der Waals surface area contributed by atoms with Gasteiger partial charge in [-0.25, -0.2) is 5.43 Å². The van der Waals surface area contributed by atoms with Crippen molar-refractivity contribution in [2.45, 2.75) is 47.1 Å². The van der Waals surface area contributed by atoms with Crippen molar-refractivity contribution in [3.8, 4) is 0 Å². The molecule has 0 unspecified atom stereocenters. The molecule has 22 heavy (non-hydrogen) atoms. The molecule has 0 aliphatic rings. The van der Waals surface area contributed by atoms with Crippen molar-refractivity contribution in [2.24, 2.45) is 10.5 Å². The molecule has 0 aliphatic carbocycles. The van der Waals surface area contributed by atoms with Crippen LogP contribution in [0.3, 0.4) is 0 Å². The first kappa shape index (κ1) is 17.9. The number of carbonyl (C=O) groups excluding carboxylic acids is 2. The molecular weight excluding hydrogens is 278 g/mol. The van der Waals surface area contributed by atoms with Gasteiger partial charge < -0.3 is 5.32 Å². The van der Waals surface area contributed by atoms with E-state index in [4.69, 9.17) is 0 Å². The molecule has 0 bridgehead atoms. The second kappa shape index (κ2) is 8.32. The molecular formula is C17H25N3O2. The van der Waals surface area contributed by atoms with Crippen LogP contribution in [0.15, 0.2) is 35.4 Å². The molecule has 0 atom stereocenters. The minimum atomic E-state index is -0.251. The molecule has 1 aromatic carbocycles. The van der Waals surface area contributed by atoms with Crippen molar-refractivity contribution < 1.29 is 9.59 Å². The number of hydrogen-bond donors (Lipinski definition) is 2. The summed E-state index contributed by atoms with van der Waals surface area (Å²) in [6, 6.07) is 9.65. The number of hydrazone groups is 1. The molecule has 5 nitrogen and oxygen atoms in total. The summed E-state index contributed by atoms with van der Waals surface area (Å²) in [5.41, 5.74) is 4.28. The second-order valence-electron chi connectivity index (χ2n) is 6.24. The van der Waals surface area contributed by atoms with E-state index >= 15 is 0 Å². The molecule has 0 heterocycles. The minimum absolute atomic E-state index is 0.0830. The van der Waals surface area contributed by atoms with Gasteiger partial charge in [0, 0.05) is 30.5 Å². The molecule has 0 fully saturated rings. The number of benzene rings is 1. The van der Waals surface area contributed by atoms with Gasteiger partial charge in [0.2, 0.25) is 11.8 Å². The number of hydrogen-bond acceptors (Lipinski definition) is 3. The Hall–Kier alpha value is -2.17. The summed E-state index contributed by atoms with van der Waals surface area (Å²) in [6.45, 7) is 8.41. The largest absolute Gasteiger partial charge is 0.352 e. The van der Waals surface area contributed by atoms with Gasteiger partial charge in [-0.1, -0.05) is 51.1 Å². The van der Waals surface area contributed by atoms with Gasteiger partial charge in [0.25, 0.3) is 0 Å². The van der Waals surface area contributed by atoms with Gasteiger partial charge in [0.1, 0.15) is 0 Å². The molecule has 0 spiro atoms. The van der Waals surface area contributed by atoms with Crippen LogP contribution in [0.4, 0.5) is 0 Å². The van der Waals surface area contributed by atoms with E-state index in [2.05, 4.69) is 15.8 Å². The maximum absolute atomic E-state index is 11.7. The van der Waals surface area contributed by atoms with E-state index in [-0.39, 0.29) is 30.1 Å². The van der Waals surface area contributed by atoms with Gasteiger partial charge in [0.15, 0.2) is 0 Å². The highest BCUT2D eigenvalue weighted by Crippen LogP contribution is 2.14. The molecule has 2 amide bonds. The van der Waals surface area contributed by atoms with E-state index in [1.165, 1.54) is 0 Å². The summed E-state index contributed by atoms with van der Waals surface area (Å²) in [7, 11) is 0. The van der Waals surface area contributed by atoms with Gasteiger partial charge >= 0.3 is 0 Å². The van der Waals surface area contributed by atoms with Crippen molar-refractivity contribution in [2.75, 3.05) is 0 Å². The lowest BCUT2D eigenvalue weighted by Gasteiger charge is -2.17. The van der Waals surface area contributed by atoms with Crippen LogP contribution in [0.2, 0.25) is 0 Å². The van der Waals surface area contributed by atoms with Crippen molar-refractivity contribution in [3.05, 3.63) is 35.9 Å². The summed E-state index contributed by atoms with van der Waals surface area (Å²) in [5, 5.41) is 6.84. The number of rotatable bonds is 6. The maximum Gasteiger partial charge on any atom is 0.240 e. The molecule has 0 radical (unpaired) electrons. The maximum atomic E-state index is 11.7. The van der Waals surface area contributed by atoms with E-state index < -0.39 is 0 Å². The van der Waals surface area contributed by atoms with Crippen molar-refractivity contribution >= 4 is 17.5 Å². The monoisotopic (exact) mass is 303 g/mol. The van der Waals surface area contributed by atoms with E-state index in [0.29, 0.717) is 6.54 Å². The molecule has 5 heteroatoms. The van der Waals surface area contributed by atoms with Gasteiger partial charge in [-0.15, -0.1) is 0 Å². The number of amides is 2. The van der Waals surface area contributed by atoms with Crippen LogP contribution in [0.25, 0.3) is 0 Å². The molecule has 0 saturated heterocycles. The first-order valence-corrected chi connectivity index (χ1v) is 7.43. The molecule has 1 aromatic rings. The Balaban J connectivity index is 2.28. The fraction of sp³-hybridized carbons (Fsp3) is 0.471. The van der Waals surface area contributed by atoms with Crippen LogP contribution in [0.5, 0.6) is 0 Å². The van der Waals surface area contributed by atoms with Gasteiger partial charge in [-0.05, 0) is 12.5 Å². The Morgan fingerprint density at radius 3 is 2.23 bits per heavy atom. The highest BCUT2D eigenvalue weighted by molar-refractivity contribution is 5.89. The average Bonchev–Trinajstić information content (AvgIpc) is 2.48. The molecule has 1 rings (SSSR count). The summed E-state index contributed by atoms with van der Waals surface area (Å²) < 4.78 is 0. The van der Waals surface area contributed by atoms with E-state index in [1.54, 1.807) is 0 Å². The van der Waals surface area contributed by atoms with E-state index in [0.717, 1.165) is 11.3 Å². The summed E-state index contributed by atoms with van der Waals surface area (Å²) in [6.07, 6.45) is 0.282. The van der Waals surface area contributed by atoms with Crippen LogP contribution in [-0.2, 0) is 16.1 Å². The molecule has 0 saturated carbocycles. The first-order chi connectivity index (χ1) is 10.3. The fourth-order valence-electron chi connectivity index (χ4n) is 1.48. The molecule has 120 valence electrons. The minimum Gasteiger partial charge on any atom is -0.352 e. The molecule has 0 aromatic heterocycles. The third-order valence-corrected chi connectivity index (χ3v) is 3.35. The van der Waals surface area contributed by atoms with Gasteiger partial charge in [0.05, 0.1) is 0 Å². The molecule has 0 aliphatic heterocycles. The Morgan fingerprint density at radius 2 is 1.64 bits per heavy atom. The summed E-state index contributed by atoms with van der Waals surface area (Å²) in [4.78, 5) is 23.3. The van der Waals surface area contributed by atoms with Crippen molar-refractivity contribution in [1.82, 2.24) is 10.7 Å². The lowest BCUT2D eigenvalue weighted by atomic mass is 9.91. The normalized spacial score (nSPS) is 11.9. The molecule has 2 N–H and O–H groups in total.